The molecule has 0 atom stereocenters. The predicted molar refractivity (Wildman–Crippen MR) is 217 cm³/mol. The average Bonchev–Trinajstić information content (AvgIpc) is 3.65. The van der Waals surface area contributed by atoms with Gasteiger partial charge in [-0.3, -0.25) is 0 Å². The summed E-state index contributed by atoms with van der Waals surface area (Å²) in [4.78, 5) is 0. The van der Waals surface area contributed by atoms with Crippen molar-refractivity contribution < 1.29 is 48.1 Å². The van der Waals surface area contributed by atoms with Crippen LogP contribution in [0, 0.1) is 0 Å². The molecule has 0 aliphatic carbocycles. The molecule has 0 aromatic heterocycles. The van der Waals surface area contributed by atoms with Gasteiger partial charge in [-0.1, -0.05) is 142 Å². The first-order chi connectivity index (χ1) is 22.1. The van der Waals surface area contributed by atoms with Gasteiger partial charge in [-0.15, -0.1) is 69.1 Å². The van der Waals surface area contributed by atoms with Gasteiger partial charge in [0.15, 0.2) is 0 Å². The van der Waals surface area contributed by atoms with Crippen LogP contribution in [0.25, 0.3) is 43.8 Å². The van der Waals surface area contributed by atoms with E-state index in [0.29, 0.717) is 5.92 Å². The number of hydrogen-bond donors (Lipinski definition) is 0. The minimum absolute atomic E-state index is 0. The van der Waals surface area contributed by atoms with E-state index in [2.05, 4.69) is 182 Å². The molecular weight excluding hydrogens is 763 g/mol. The topological polar surface area (TPSA) is 0 Å². The van der Waals surface area contributed by atoms with Crippen molar-refractivity contribution in [3.63, 3.8) is 0 Å². The average molecular weight is 817 g/mol. The summed E-state index contributed by atoms with van der Waals surface area (Å²) in [5.41, 5.74) is 8.43. The van der Waals surface area contributed by atoms with E-state index in [-0.39, 0.29) is 30.2 Å². The molecule has 258 valence electrons. The van der Waals surface area contributed by atoms with E-state index >= 15 is 0 Å². The molecule has 0 fully saturated rings. The fourth-order valence-electron chi connectivity index (χ4n) is 5.90. The van der Waals surface area contributed by atoms with Crippen LogP contribution in [-0.4, -0.2) is 21.6 Å². The van der Waals surface area contributed by atoms with Crippen molar-refractivity contribution in [1.82, 2.24) is 0 Å². The van der Waals surface area contributed by atoms with Gasteiger partial charge in [0.1, 0.15) is 0 Å². The molecule has 0 saturated heterocycles. The van der Waals surface area contributed by atoms with E-state index in [4.69, 9.17) is 0 Å². The molecule has 6 heteroatoms. The Hall–Kier alpha value is -1.79. The van der Waals surface area contributed by atoms with Gasteiger partial charge in [0, 0.05) is 0 Å². The summed E-state index contributed by atoms with van der Waals surface area (Å²) in [5, 5.41) is 8.53. The second kappa shape index (κ2) is 18.6. The quantitative estimate of drug-likeness (QED) is 0.143. The van der Waals surface area contributed by atoms with Crippen LogP contribution in [0.2, 0.25) is 52.4 Å². The SMILES string of the molecule is CC(C)c1cc2c(-c3ccc([Si](C)(C)C)cc3)cccc2[cH-]1.CCc1cc2c(-c3ccc([Si](C)(C)C)cc3)cccc2[cH-]1.C[Si](C)=[Zr+2].[Cl-].[Cl-]. The fraction of sp³-hybridized carbons (Fsp3) is 0.302. The maximum atomic E-state index is 2.40. The summed E-state index contributed by atoms with van der Waals surface area (Å²) in [6, 6.07) is 41.1. The zero-order chi connectivity index (χ0) is 34.5. The summed E-state index contributed by atoms with van der Waals surface area (Å²) >= 11 is 1.74. The number of aryl methyl sites for hydroxylation is 1. The first-order valence-electron chi connectivity index (χ1n) is 17.2. The molecule has 0 N–H and O–H groups in total. The Labute approximate surface area is 327 Å². The molecule has 0 aliphatic rings. The third kappa shape index (κ3) is 11.6. The van der Waals surface area contributed by atoms with Crippen molar-refractivity contribution in [1.29, 1.82) is 0 Å². The molecule has 49 heavy (non-hydrogen) atoms. The van der Waals surface area contributed by atoms with Crippen LogP contribution < -0.4 is 35.2 Å². The maximum Gasteiger partial charge on any atom is -1.00 e. The standard InChI is InChI=1S/C21H25Si.C20H23Si.C2H6Si.2ClH.Zr/c1-15(2)18-13-17-7-6-8-20(21(17)14-18)16-9-11-19(12-10-16)22(3,4)5;1-5-15-13-17-7-6-8-19(20(17)14-15)16-9-11-18(12-10-16)21(2,3)4;1-3-2;;;/h6-15H,1-5H3;6-14H,5H2,1-4H3;1-2H3;2*1H;/q2*-1;;;;+2/p-2. The van der Waals surface area contributed by atoms with Crippen molar-refractivity contribution in [2.75, 3.05) is 0 Å². The molecular formula is C43H54Cl2Si3Zr-2. The van der Waals surface area contributed by atoms with Crippen molar-refractivity contribution in [3.05, 3.63) is 120 Å². The van der Waals surface area contributed by atoms with E-state index in [0.717, 1.165) is 6.42 Å². The fourth-order valence-corrected chi connectivity index (χ4v) is 8.23. The summed E-state index contributed by atoms with van der Waals surface area (Å²) in [5.74, 6) is 0.578. The van der Waals surface area contributed by atoms with Crippen molar-refractivity contribution in [2.45, 2.75) is 85.5 Å². The molecule has 0 radical (unpaired) electrons. The molecule has 0 heterocycles. The predicted octanol–water partition coefficient (Wildman–Crippen LogP) is 6.02. The number of hydrogen-bond acceptors (Lipinski definition) is 0. The second-order valence-electron chi connectivity index (χ2n) is 15.4. The maximum absolute atomic E-state index is 2.40. The minimum Gasteiger partial charge on any atom is -1.00 e. The van der Waals surface area contributed by atoms with Gasteiger partial charge in [0.25, 0.3) is 0 Å². The molecule has 0 aliphatic heterocycles. The third-order valence-electron chi connectivity index (χ3n) is 8.78. The molecule has 6 aromatic carbocycles. The zero-order valence-electron chi connectivity index (χ0n) is 31.4. The normalized spacial score (nSPS) is 11.2. The summed E-state index contributed by atoms with van der Waals surface area (Å²) in [7, 11) is -2.43. The van der Waals surface area contributed by atoms with Crippen LogP contribution in [0.5, 0.6) is 0 Å². The minimum atomic E-state index is -1.22. The first kappa shape index (κ1) is 43.4. The number of halogens is 2. The Morgan fingerprint density at radius 1 is 0.612 bits per heavy atom. The Kier molecular flexibility index (Phi) is 16.5. The van der Waals surface area contributed by atoms with E-state index < -0.39 is 16.1 Å². The molecule has 0 nitrogen and oxygen atoms in total. The van der Waals surface area contributed by atoms with Gasteiger partial charge in [0.05, 0.1) is 16.1 Å². The van der Waals surface area contributed by atoms with Gasteiger partial charge in [-0.2, -0.15) is 12.1 Å². The summed E-state index contributed by atoms with van der Waals surface area (Å²) in [6.07, 6.45) is 1.10. The Morgan fingerprint density at radius 2 is 1.00 bits per heavy atom. The molecule has 0 spiro atoms. The number of benzene rings is 4. The number of fused-ring (bicyclic) bond motifs is 2. The van der Waals surface area contributed by atoms with Crippen LogP contribution in [0.15, 0.2) is 109 Å². The van der Waals surface area contributed by atoms with Gasteiger partial charge in [-0.25, -0.2) is 0 Å². The van der Waals surface area contributed by atoms with Crippen LogP contribution >= 0.6 is 0 Å². The molecule has 6 rings (SSSR count). The monoisotopic (exact) mass is 814 g/mol. The summed E-state index contributed by atoms with van der Waals surface area (Å²) < 4.78 is 0. The largest absolute Gasteiger partial charge is 1.00 e. The molecule has 0 amide bonds. The van der Waals surface area contributed by atoms with Gasteiger partial charge >= 0.3 is 41.9 Å². The van der Waals surface area contributed by atoms with Gasteiger partial charge < -0.3 is 24.8 Å². The van der Waals surface area contributed by atoms with Gasteiger partial charge in [-0.05, 0) is 23.5 Å². The van der Waals surface area contributed by atoms with E-state index in [1.807, 2.05) is 0 Å². The van der Waals surface area contributed by atoms with Crippen LogP contribution in [-0.2, 0) is 29.8 Å². The smallest absolute Gasteiger partial charge is 1.00 e. The summed E-state index contributed by atoms with van der Waals surface area (Å²) in [6.45, 7) is 25.7. The Balaban J connectivity index is 0.000000296. The van der Waals surface area contributed by atoms with E-state index in [1.54, 1.807) is 23.3 Å². The van der Waals surface area contributed by atoms with Crippen LogP contribution in [0.1, 0.15) is 37.8 Å². The van der Waals surface area contributed by atoms with E-state index in [9.17, 15) is 0 Å². The third-order valence-corrected chi connectivity index (χ3v) is 12.9. The van der Waals surface area contributed by atoms with Crippen molar-refractivity contribution in [2.24, 2.45) is 0 Å². The molecule has 0 bridgehead atoms. The van der Waals surface area contributed by atoms with Crippen LogP contribution in [0.4, 0.5) is 0 Å². The second-order valence-corrected chi connectivity index (χ2v) is 35.0. The first-order valence-corrected chi connectivity index (χ1v) is 30.4. The van der Waals surface area contributed by atoms with Crippen molar-refractivity contribution >= 4 is 53.5 Å². The Morgan fingerprint density at radius 3 is 1.37 bits per heavy atom. The van der Waals surface area contributed by atoms with Gasteiger partial charge in [0.2, 0.25) is 0 Å². The number of rotatable bonds is 6. The van der Waals surface area contributed by atoms with Crippen LogP contribution in [0.3, 0.4) is 0 Å². The molecule has 0 saturated carbocycles. The van der Waals surface area contributed by atoms with E-state index in [1.165, 1.54) is 65.3 Å². The Bertz CT molecular complexity index is 1930. The zero-order valence-corrected chi connectivity index (χ0v) is 38.4. The molecule has 0 unspecified atom stereocenters. The van der Waals surface area contributed by atoms with Crippen molar-refractivity contribution in [3.8, 4) is 22.3 Å². The molecule has 6 aromatic rings.